The molecule has 2 unspecified atom stereocenters. The van der Waals surface area contributed by atoms with E-state index in [1.54, 1.807) is 36.4 Å². The maximum Gasteiger partial charge on any atom is 0.255 e. The Hall–Kier alpha value is -5.33. The van der Waals surface area contributed by atoms with Gasteiger partial charge >= 0.3 is 0 Å². The van der Waals surface area contributed by atoms with Crippen molar-refractivity contribution in [1.29, 1.82) is 0 Å². The number of carbonyl (C=O) groups is 1. The Bertz CT molecular complexity index is 1700. The molecule has 10 N–H and O–H groups in total. The molecule has 0 radical (unpaired) electrons. The predicted octanol–water partition coefficient (Wildman–Crippen LogP) is 3.84. The number of amides is 1. The summed E-state index contributed by atoms with van der Waals surface area (Å²) in [4.78, 5) is 12.8. The molecule has 0 saturated heterocycles. The average molecular weight is 605 g/mol. The lowest BCUT2D eigenvalue weighted by molar-refractivity contribution is -0.0810. The first-order valence-electron chi connectivity index (χ1n) is 13.6. The number of rotatable bonds is 8. The minimum atomic E-state index is -1.59. The van der Waals surface area contributed by atoms with E-state index in [9.17, 15) is 45.6 Å². The van der Waals surface area contributed by atoms with Gasteiger partial charge in [0.2, 0.25) is 0 Å². The van der Waals surface area contributed by atoms with Crippen LogP contribution < -0.4 is 15.4 Å². The van der Waals surface area contributed by atoms with E-state index in [0.29, 0.717) is 5.75 Å². The van der Waals surface area contributed by atoms with Gasteiger partial charge in [-0.2, -0.15) is 0 Å². The Morgan fingerprint density at radius 3 is 1.66 bits per heavy atom. The standard InChI is InChI=1S/C32H32N2O10/c1-14-3-7-16(8-4-14)32(43)34-27-21(38)12-19(36)23(31(27)42)25-28(39)24(29(25)40)22-18(35)11-20(37)26(30(22)41)33-13-44-17-9-5-15(2)6-10-17/h3-12,24-25,28-29,33,35-42H,13H2,1-2H3,(H,34,43). The summed E-state index contributed by atoms with van der Waals surface area (Å²) >= 11 is 0. The van der Waals surface area contributed by atoms with Crippen LogP contribution >= 0.6 is 0 Å². The van der Waals surface area contributed by atoms with Gasteiger partial charge in [0, 0.05) is 40.7 Å². The number of aliphatic hydroxyl groups excluding tert-OH is 2. The van der Waals surface area contributed by atoms with Gasteiger partial charge in [-0.15, -0.1) is 0 Å². The molecule has 4 aromatic rings. The van der Waals surface area contributed by atoms with Crippen LogP contribution in [0.4, 0.5) is 11.4 Å². The quantitative estimate of drug-likeness (QED) is 0.0793. The van der Waals surface area contributed by atoms with E-state index < -0.39 is 70.1 Å². The molecule has 230 valence electrons. The minimum absolute atomic E-state index is 0.195. The first kappa shape index (κ1) is 30.1. The van der Waals surface area contributed by atoms with Crippen LogP contribution in [0.15, 0.2) is 60.7 Å². The molecule has 44 heavy (non-hydrogen) atoms. The fourth-order valence-corrected chi connectivity index (χ4v) is 5.37. The van der Waals surface area contributed by atoms with Crippen molar-refractivity contribution in [2.75, 3.05) is 17.4 Å². The number of carbonyl (C=O) groups excluding carboxylic acids is 1. The fraction of sp³-hybridized carbons (Fsp3) is 0.219. The second-order valence-corrected chi connectivity index (χ2v) is 10.7. The van der Waals surface area contributed by atoms with Crippen molar-refractivity contribution >= 4 is 17.3 Å². The highest BCUT2D eigenvalue weighted by Gasteiger charge is 2.54. The number of aryl methyl sites for hydroxylation is 2. The van der Waals surface area contributed by atoms with E-state index in [4.69, 9.17) is 4.74 Å². The lowest BCUT2D eigenvalue weighted by Crippen LogP contribution is -2.51. The molecule has 0 spiro atoms. The summed E-state index contributed by atoms with van der Waals surface area (Å²) in [6.45, 7) is 3.56. The van der Waals surface area contributed by atoms with Gasteiger partial charge in [0.25, 0.3) is 5.91 Å². The van der Waals surface area contributed by atoms with Crippen LogP contribution in [0.1, 0.15) is 44.4 Å². The molecule has 1 aliphatic rings. The Balaban J connectivity index is 1.40. The molecule has 1 amide bonds. The van der Waals surface area contributed by atoms with Crippen LogP contribution in [0, 0.1) is 13.8 Å². The molecule has 2 atom stereocenters. The van der Waals surface area contributed by atoms with Crippen LogP contribution in [0.3, 0.4) is 0 Å². The van der Waals surface area contributed by atoms with E-state index in [1.807, 2.05) is 26.0 Å². The third-order valence-corrected chi connectivity index (χ3v) is 7.79. The fourth-order valence-electron chi connectivity index (χ4n) is 5.37. The highest BCUT2D eigenvalue weighted by atomic mass is 16.5. The van der Waals surface area contributed by atoms with Gasteiger partial charge in [0.1, 0.15) is 51.6 Å². The van der Waals surface area contributed by atoms with Crippen LogP contribution in [-0.4, -0.2) is 65.7 Å². The molecule has 1 fully saturated rings. The number of phenols is 6. The lowest BCUT2D eigenvalue weighted by Gasteiger charge is -2.47. The first-order valence-corrected chi connectivity index (χ1v) is 13.6. The molecule has 0 aromatic heterocycles. The van der Waals surface area contributed by atoms with Gasteiger partial charge in [0.15, 0.2) is 6.73 Å². The van der Waals surface area contributed by atoms with Crippen molar-refractivity contribution in [3.05, 3.63) is 88.5 Å². The smallest absolute Gasteiger partial charge is 0.255 e. The minimum Gasteiger partial charge on any atom is -0.507 e. The largest absolute Gasteiger partial charge is 0.507 e. The van der Waals surface area contributed by atoms with Gasteiger partial charge in [-0.05, 0) is 38.1 Å². The van der Waals surface area contributed by atoms with Crippen LogP contribution in [0.2, 0.25) is 0 Å². The number of benzene rings is 4. The van der Waals surface area contributed by atoms with Crippen molar-refractivity contribution < 1.29 is 50.4 Å². The SMILES string of the molecule is Cc1ccc(OCNc2c(O)cc(O)c(C3C(O)C(c4c(O)cc(O)c(NC(=O)c5ccc(C)cc5)c4O)C3O)c2O)cc1. The zero-order valence-corrected chi connectivity index (χ0v) is 23.7. The Labute approximate surface area is 251 Å². The predicted molar refractivity (Wildman–Crippen MR) is 160 cm³/mol. The summed E-state index contributed by atoms with van der Waals surface area (Å²) < 4.78 is 5.57. The van der Waals surface area contributed by atoms with E-state index in [-0.39, 0.29) is 29.1 Å². The van der Waals surface area contributed by atoms with Gasteiger partial charge in [0.05, 0.1) is 12.2 Å². The highest BCUT2D eigenvalue weighted by Crippen LogP contribution is 2.59. The number of hydrogen-bond acceptors (Lipinski definition) is 11. The average Bonchev–Trinajstić information content (AvgIpc) is 2.98. The highest BCUT2D eigenvalue weighted by molar-refractivity contribution is 6.06. The number of aromatic hydroxyl groups is 6. The van der Waals surface area contributed by atoms with Crippen molar-refractivity contribution in [1.82, 2.24) is 0 Å². The molecule has 12 nitrogen and oxygen atoms in total. The summed E-state index contributed by atoms with van der Waals surface area (Å²) in [6.07, 6.45) is -3.19. The summed E-state index contributed by atoms with van der Waals surface area (Å²) in [7, 11) is 0. The Morgan fingerprint density at radius 1 is 0.682 bits per heavy atom. The van der Waals surface area contributed by atoms with E-state index in [0.717, 1.165) is 23.3 Å². The third-order valence-electron chi connectivity index (χ3n) is 7.79. The molecule has 5 rings (SSSR count). The van der Waals surface area contributed by atoms with E-state index in [2.05, 4.69) is 10.6 Å². The first-order chi connectivity index (χ1) is 20.9. The van der Waals surface area contributed by atoms with Crippen LogP contribution in [0.5, 0.6) is 40.2 Å². The number of aliphatic hydroxyl groups is 2. The Morgan fingerprint density at radius 2 is 1.14 bits per heavy atom. The second kappa shape index (κ2) is 11.7. The molecule has 1 saturated carbocycles. The molecule has 0 aliphatic heterocycles. The normalized spacial score (nSPS) is 19.2. The van der Waals surface area contributed by atoms with Gasteiger partial charge < -0.3 is 56.2 Å². The van der Waals surface area contributed by atoms with Crippen LogP contribution in [-0.2, 0) is 0 Å². The lowest BCUT2D eigenvalue weighted by atomic mass is 9.62. The maximum atomic E-state index is 12.8. The van der Waals surface area contributed by atoms with Crippen LogP contribution in [0.25, 0.3) is 0 Å². The Kier molecular flexibility index (Phi) is 8.05. The molecular formula is C32H32N2O10. The van der Waals surface area contributed by atoms with Crippen molar-refractivity contribution in [2.24, 2.45) is 0 Å². The summed E-state index contributed by atoms with van der Waals surface area (Å²) in [5.74, 6) is -6.83. The molecule has 1 aliphatic carbocycles. The molecule has 0 heterocycles. The van der Waals surface area contributed by atoms with E-state index in [1.165, 1.54) is 0 Å². The maximum absolute atomic E-state index is 12.8. The zero-order valence-electron chi connectivity index (χ0n) is 23.7. The number of hydrogen-bond donors (Lipinski definition) is 10. The number of anilines is 2. The molecule has 4 aromatic carbocycles. The molecular weight excluding hydrogens is 572 g/mol. The number of phenolic OH excluding ortho intramolecular Hbond substituents is 6. The topological polar surface area (TPSA) is 212 Å². The van der Waals surface area contributed by atoms with Crippen molar-refractivity contribution in [3.8, 4) is 40.2 Å². The van der Waals surface area contributed by atoms with Crippen molar-refractivity contribution in [2.45, 2.75) is 37.9 Å². The zero-order chi connectivity index (χ0) is 31.9. The van der Waals surface area contributed by atoms with Crippen molar-refractivity contribution in [3.63, 3.8) is 0 Å². The molecule has 12 heteroatoms. The third kappa shape index (κ3) is 5.43. The van der Waals surface area contributed by atoms with Gasteiger partial charge in [-0.1, -0.05) is 35.4 Å². The summed E-state index contributed by atoms with van der Waals surface area (Å²) in [6, 6.07) is 15.4. The number of ether oxygens (including phenoxy) is 1. The van der Waals surface area contributed by atoms with E-state index >= 15 is 0 Å². The monoisotopic (exact) mass is 604 g/mol. The van der Waals surface area contributed by atoms with Gasteiger partial charge in [-0.25, -0.2) is 0 Å². The summed E-state index contributed by atoms with van der Waals surface area (Å²) in [5, 5.41) is 91.3. The summed E-state index contributed by atoms with van der Waals surface area (Å²) in [5.41, 5.74) is 0.789. The van der Waals surface area contributed by atoms with Gasteiger partial charge in [-0.3, -0.25) is 4.79 Å². The number of nitrogens with one attached hydrogen (secondary N) is 2. The molecule has 0 bridgehead atoms. The second-order valence-electron chi connectivity index (χ2n) is 10.7.